The molecule has 2 aliphatic rings. The average Bonchev–Trinajstić information content (AvgIpc) is 3.34. The zero-order valence-corrected chi connectivity index (χ0v) is 23.8. The molecule has 4 nitrogen and oxygen atoms in total. The highest BCUT2D eigenvalue weighted by atomic mass is 19.1. The van der Waals surface area contributed by atoms with Crippen molar-refractivity contribution in [2.75, 3.05) is 0 Å². The summed E-state index contributed by atoms with van der Waals surface area (Å²) in [7, 11) is 0. The minimum absolute atomic E-state index is 0. The molecule has 0 spiro atoms. The summed E-state index contributed by atoms with van der Waals surface area (Å²) in [6.45, 7) is 12.7. The lowest BCUT2D eigenvalue weighted by molar-refractivity contribution is 0.446. The molecular formula is C33H43FN4. The lowest BCUT2D eigenvalue weighted by Gasteiger charge is -2.22. The van der Waals surface area contributed by atoms with Crippen molar-refractivity contribution in [2.24, 2.45) is 5.92 Å². The molecule has 1 N–H and O–H groups in total. The highest BCUT2D eigenvalue weighted by molar-refractivity contribution is 5.98. The summed E-state index contributed by atoms with van der Waals surface area (Å²) < 4.78 is 17.8. The van der Waals surface area contributed by atoms with Gasteiger partial charge in [-0.1, -0.05) is 58.1 Å². The van der Waals surface area contributed by atoms with Crippen molar-refractivity contribution < 1.29 is 5.82 Å². The Kier molecular flexibility index (Phi) is 7.56. The van der Waals surface area contributed by atoms with Crippen LogP contribution in [0.2, 0.25) is 0 Å². The number of allylic oxidation sites excluding steroid dienone is 4. The van der Waals surface area contributed by atoms with Gasteiger partial charge in [0.15, 0.2) is 5.82 Å². The van der Waals surface area contributed by atoms with Crippen LogP contribution in [0.5, 0.6) is 0 Å². The van der Waals surface area contributed by atoms with Crippen LogP contribution >= 0.6 is 0 Å². The number of hydrogen-bond donors (Lipinski definition) is 1. The number of nitrogens with zero attached hydrogens (tertiary/aromatic N) is 3. The van der Waals surface area contributed by atoms with Crippen LogP contribution in [0.1, 0.15) is 98.4 Å². The zero-order valence-electron chi connectivity index (χ0n) is 23.8. The standard InChI is InChI=1S/C31H35FN4.C2H6.H2/c1-18-11-19(2)29(20(3)12-18)23-13-25-26(17-34-31(25)33-16-23)22-14-27(32)30-28(15-22)36(21(4)35-30)24-9-7-5-6-8-10-24;1-2;/h11,13-18,24H,5-10,12H2,1-4H3,(H,33,34);1-2H3;1H. The Morgan fingerprint density at radius 2 is 1.74 bits per heavy atom. The van der Waals surface area contributed by atoms with Crippen molar-refractivity contribution in [3.63, 3.8) is 0 Å². The van der Waals surface area contributed by atoms with E-state index >= 15 is 4.39 Å². The van der Waals surface area contributed by atoms with Gasteiger partial charge in [-0.15, -0.1) is 0 Å². The molecule has 1 unspecified atom stereocenters. The molecule has 0 radical (unpaired) electrons. The predicted octanol–water partition coefficient (Wildman–Crippen LogP) is 9.95. The highest BCUT2D eigenvalue weighted by Crippen LogP contribution is 2.39. The highest BCUT2D eigenvalue weighted by Gasteiger charge is 2.23. The van der Waals surface area contributed by atoms with Gasteiger partial charge in [-0.05, 0) is 80.9 Å². The second-order valence-electron chi connectivity index (χ2n) is 11.0. The Labute approximate surface area is 227 Å². The zero-order chi connectivity index (χ0) is 27.0. The lowest BCUT2D eigenvalue weighted by Crippen LogP contribution is -2.09. The summed E-state index contributed by atoms with van der Waals surface area (Å²) in [5.41, 5.74) is 9.19. The number of hydrogen-bond acceptors (Lipinski definition) is 2. The third-order valence-corrected chi connectivity index (χ3v) is 8.23. The maximum atomic E-state index is 15.5. The number of fused-ring (bicyclic) bond motifs is 2. The van der Waals surface area contributed by atoms with Crippen molar-refractivity contribution >= 4 is 27.6 Å². The first kappa shape index (κ1) is 26.4. The number of benzene rings is 1. The minimum atomic E-state index is -0.255. The molecule has 2 aliphatic carbocycles. The molecule has 1 aromatic carbocycles. The Morgan fingerprint density at radius 3 is 2.45 bits per heavy atom. The van der Waals surface area contributed by atoms with Crippen LogP contribution in [0.15, 0.2) is 47.8 Å². The summed E-state index contributed by atoms with van der Waals surface area (Å²) in [4.78, 5) is 12.7. The van der Waals surface area contributed by atoms with Crippen molar-refractivity contribution in [3.8, 4) is 11.1 Å². The van der Waals surface area contributed by atoms with E-state index < -0.39 is 0 Å². The third-order valence-electron chi connectivity index (χ3n) is 8.23. The number of imidazole rings is 1. The molecule has 4 aromatic rings. The number of halogens is 1. The smallest absolute Gasteiger partial charge is 0.151 e. The molecule has 202 valence electrons. The van der Waals surface area contributed by atoms with Crippen molar-refractivity contribution in [1.29, 1.82) is 0 Å². The molecule has 0 bridgehead atoms. The molecule has 1 atom stereocenters. The Morgan fingerprint density at radius 1 is 1.00 bits per heavy atom. The number of aromatic amines is 1. The quantitative estimate of drug-likeness (QED) is 0.276. The maximum Gasteiger partial charge on any atom is 0.151 e. The Hall–Kier alpha value is -3.21. The van der Waals surface area contributed by atoms with E-state index in [1.165, 1.54) is 42.4 Å². The van der Waals surface area contributed by atoms with Crippen LogP contribution in [0.4, 0.5) is 4.39 Å². The summed E-state index contributed by atoms with van der Waals surface area (Å²) >= 11 is 0. The Balaban J connectivity index is 0.00000115. The van der Waals surface area contributed by atoms with Crippen LogP contribution in [-0.4, -0.2) is 19.5 Å². The topological polar surface area (TPSA) is 46.5 Å². The molecule has 0 aliphatic heterocycles. The van der Waals surface area contributed by atoms with E-state index in [9.17, 15) is 0 Å². The normalized spacial score (nSPS) is 18.9. The van der Waals surface area contributed by atoms with Gasteiger partial charge in [0, 0.05) is 36.4 Å². The van der Waals surface area contributed by atoms with Gasteiger partial charge < -0.3 is 9.55 Å². The van der Waals surface area contributed by atoms with Gasteiger partial charge in [-0.3, -0.25) is 0 Å². The van der Waals surface area contributed by atoms with Crippen LogP contribution < -0.4 is 0 Å². The van der Waals surface area contributed by atoms with Crippen molar-refractivity contribution in [3.05, 3.63) is 65.0 Å². The summed E-state index contributed by atoms with van der Waals surface area (Å²) in [6.07, 6.45) is 14.7. The lowest BCUT2D eigenvalue weighted by atomic mass is 9.84. The van der Waals surface area contributed by atoms with Crippen LogP contribution in [0, 0.1) is 18.7 Å². The van der Waals surface area contributed by atoms with Gasteiger partial charge >= 0.3 is 0 Å². The van der Waals surface area contributed by atoms with Crippen molar-refractivity contribution in [2.45, 2.75) is 92.5 Å². The SMILES string of the molecule is CC.CC1=CC(C)CC(C)=C1c1cnc2[nH]cc(-c3cc(F)c4nc(C)n(C5CCCCCC5)c4c3)c2c1.[HH]. The van der Waals surface area contributed by atoms with Crippen LogP contribution in [-0.2, 0) is 0 Å². The van der Waals surface area contributed by atoms with E-state index in [2.05, 4.69) is 53.5 Å². The number of pyridine rings is 1. The molecule has 1 fully saturated rings. The first-order chi connectivity index (χ1) is 18.4. The third kappa shape index (κ3) is 4.72. The predicted molar refractivity (Wildman–Crippen MR) is 160 cm³/mol. The fraction of sp³-hybridized carbons (Fsp3) is 0.455. The number of rotatable bonds is 3. The molecule has 0 amide bonds. The van der Waals surface area contributed by atoms with Crippen LogP contribution in [0.25, 0.3) is 38.8 Å². The molecule has 38 heavy (non-hydrogen) atoms. The largest absolute Gasteiger partial charge is 0.346 e. The number of aromatic nitrogens is 4. The van der Waals surface area contributed by atoms with Gasteiger partial charge in [0.05, 0.1) is 5.52 Å². The first-order valence-corrected chi connectivity index (χ1v) is 14.4. The summed E-state index contributed by atoms with van der Waals surface area (Å²) in [6, 6.07) is 6.38. The van der Waals surface area contributed by atoms with E-state index in [0.717, 1.165) is 58.3 Å². The molecule has 1 saturated carbocycles. The summed E-state index contributed by atoms with van der Waals surface area (Å²) in [5.74, 6) is 1.21. The van der Waals surface area contributed by atoms with Crippen molar-refractivity contribution in [1.82, 2.24) is 19.5 Å². The van der Waals surface area contributed by atoms with Gasteiger partial charge in [0.2, 0.25) is 0 Å². The molecule has 5 heteroatoms. The van der Waals surface area contributed by atoms with Crippen LogP contribution in [0.3, 0.4) is 0 Å². The van der Waals surface area contributed by atoms with E-state index in [4.69, 9.17) is 4.98 Å². The first-order valence-electron chi connectivity index (χ1n) is 14.4. The molecular weight excluding hydrogens is 471 g/mol. The number of H-pyrrole nitrogens is 1. The maximum absolute atomic E-state index is 15.5. The van der Waals surface area contributed by atoms with E-state index in [1.807, 2.05) is 33.2 Å². The van der Waals surface area contributed by atoms with Gasteiger partial charge in [0.1, 0.15) is 17.0 Å². The second-order valence-corrected chi connectivity index (χ2v) is 11.0. The molecule has 3 heterocycles. The second kappa shape index (κ2) is 10.9. The number of nitrogens with one attached hydrogen (secondary N) is 1. The fourth-order valence-electron chi connectivity index (χ4n) is 6.74. The van der Waals surface area contributed by atoms with E-state index in [1.54, 1.807) is 6.07 Å². The molecule has 6 rings (SSSR count). The minimum Gasteiger partial charge on any atom is -0.346 e. The Bertz CT molecular complexity index is 1530. The van der Waals surface area contributed by atoms with Gasteiger partial charge in [-0.25, -0.2) is 14.4 Å². The molecule has 0 saturated heterocycles. The summed E-state index contributed by atoms with van der Waals surface area (Å²) in [5, 5.41) is 1.02. The fourth-order valence-corrected chi connectivity index (χ4v) is 6.74. The average molecular weight is 515 g/mol. The van der Waals surface area contributed by atoms with E-state index in [-0.39, 0.29) is 7.24 Å². The van der Waals surface area contributed by atoms with Gasteiger partial charge in [-0.2, -0.15) is 0 Å². The van der Waals surface area contributed by atoms with E-state index in [0.29, 0.717) is 17.5 Å². The monoisotopic (exact) mass is 514 g/mol. The van der Waals surface area contributed by atoms with Gasteiger partial charge in [0.25, 0.3) is 0 Å². The molecule has 3 aromatic heterocycles. The number of aryl methyl sites for hydroxylation is 1.